The van der Waals surface area contributed by atoms with E-state index in [0.29, 0.717) is 17.3 Å². The zero-order chi connectivity index (χ0) is 13.9. The van der Waals surface area contributed by atoms with Crippen LogP contribution in [0, 0.1) is 6.92 Å². The van der Waals surface area contributed by atoms with Gasteiger partial charge in [0.1, 0.15) is 5.82 Å². The summed E-state index contributed by atoms with van der Waals surface area (Å²) in [6.45, 7) is 1.76. The van der Waals surface area contributed by atoms with Crippen LogP contribution in [0.15, 0.2) is 28.2 Å². The SMILES string of the molecule is Cc1nc(NC(=O)Cc2csc(-c3ccco3)n2)n[nH]1. The van der Waals surface area contributed by atoms with Crippen LogP contribution in [-0.2, 0) is 11.2 Å². The number of carbonyl (C=O) groups excluding carboxylic acids is 1. The Morgan fingerprint density at radius 2 is 2.40 bits per heavy atom. The number of nitrogens with one attached hydrogen (secondary N) is 2. The summed E-state index contributed by atoms with van der Waals surface area (Å²) in [5.74, 6) is 1.41. The zero-order valence-corrected chi connectivity index (χ0v) is 11.4. The third kappa shape index (κ3) is 2.75. The molecule has 102 valence electrons. The number of rotatable bonds is 4. The Hall–Kier alpha value is -2.48. The summed E-state index contributed by atoms with van der Waals surface area (Å²) in [7, 11) is 0. The fraction of sp³-hybridized carbons (Fsp3) is 0.167. The Kier molecular flexibility index (Phi) is 3.30. The van der Waals surface area contributed by atoms with E-state index in [1.54, 1.807) is 19.3 Å². The molecule has 0 fully saturated rings. The van der Waals surface area contributed by atoms with Crippen molar-refractivity contribution >= 4 is 23.2 Å². The number of H-pyrrole nitrogens is 1. The molecule has 0 aromatic carbocycles. The average Bonchev–Trinajstić information content (AvgIpc) is 3.10. The van der Waals surface area contributed by atoms with Crippen molar-refractivity contribution in [2.24, 2.45) is 0 Å². The third-order valence-electron chi connectivity index (χ3n) is 2.47. The van der Waals surface area contributed by atoms with E-state index in [-0.39, 0.29) is 18.3 Å². The molecule has 8 heteroatoms. The van der Waals surface area contributed by atoms with Crippen LogP contribution >= 0.6 is 11.3 Å². The summed E-state index contributed by atoms with van der Waals surface area (Å²) in [5.41, 5.74) is 0.686. The molecule has 1 amide bonds. The minimum atomic E-state index is -0.208. The van der Waals surface area contributed by atoms with Gasteiger partial charge in [-0.2, -0.15) is 4.98 Å². The number of hydrogen-bond acceptors (Lipinski definition) is 6. The fourth-order valence-corrected chi connectivity index (χ4v) is 2.42. The monoisotopic (exact) mass is 289 g/mol. The molecule has 0 aliphatic rings. The van der Waals surface area contributed by atoms with Crippen molar-refractivity contribution in [2.75, 3.05) is 5.32 Å². The normalized spacial score (nSPS) is 10.7. The van der Waals surface area contributed by atoms with Crippen LogP contribution in [0.1, 0.15) is 11.5 Å². The number of hydrogen-bond donors (Lipinski definition) is 2. The molecule has 0 saturated heterocycles. The van der Waals surface area contributed by atoms with E-state index >= 15 is 0 Å². The molecule has 3 rings (SSSR count). The first kappa shape index (κ1) is 12.5. The summed E-state index contributed by atoms with van der Waals surface area (Å²) in [4.78, 5) is 20.2. The largest absolute Gasteiger partial charge is 0.462 e. The molecule has 7 nitrogen and oxygen atoms in total. The van der Waals surface area contributed by atoms with E-state index < -0.39 is 0 Å². The maximum Gasteiger partial charge on any atom is 0.248 e. The van der Waals surface area contributed by atoms with Crippen LogP contribution in [0.2, 0.25) is 0 Å². The Morgan fingerprint density at radius 1 is 1.50 bits per heavy atom. The molecule has 20 heavy (non-hydrogen) atoms. The Balaban J connectivity index is 1.64. The van der Waals surface area contributed by atoms with E-state index in [1.165, 1.54) is 11.3 Å². The molecule has 0 spiro atoms. The van der Waals surface area contributed by atoms with E-state index in [2.05, 4.69) is 25.5 Å². The minimum absolute atomic E-state index is 0.171. The van der Waals surface area contributed by atoms with Crippen molar-refractivity contribution in [1.29, 1.82) is 0 Å². The molecule has 0 bridgehead atoms. The van der Waals surface area contributed by atoms with Crippen LogP contribution in [0.5, 0.6) is 0 Å². The lowest BCUT2D eigenvalue weighted by atomic mass is 10.3. The predicted octanol–water partition coefficient (Wildman–Crippen LogP) is 2.01. The Morgan fingerprint density at radius 3 is 3.10 bits per heavy atom. The Bertz CT molecular complexity index is 716. The molecule has 0 saturated carbocycles. The van der Waals surface area contributed by atoms with Crippen LogP contribution in [0.4, 0.5) is 5.95 Å². The van der Waals surface area contributed by atoms with Gasteiger partial charge in [0, 0.05) is 5.38 Å². The van der Waals surface area contributed by atoms with Crippen LogP contribution < -0.4 is 5.32 Å². The summed E-state index contributed by atoms with van der Waals surface area (Å²) in [6.07, 6.45) is 1.76. The highest BCUT2D eigenvalue weighted by Gasteiger charge is 2.12. The maximum atomic E-state index is 11.8. The molecule has 3 aromatic heterocycles. The van der Waals surface area contributed by atoms with E-state index in [4.69, 9.17) is 4.42 Å². The first-order chi connectivity index (χ1) is 9.70. The number of anilines is 1. The second kappa shape index (κ2) is 5.25. The quantitative estimate of drug-likeness (QED) is 0.765. The van der Waals surface area contributed by atoms with Gasteiger partial charge in [-0.3, -0.25) is 15.2 Å². The number of carbonyl (C=O) groups is 1. The van der Waals surface area contributed by atoms with Gasteiger partial charge in [-0.25, -0.2) is 4.98 Å². The van der Waals surface area contributed by atoms with Crippen molar-refractivity contribution < 1.29 is 9.21 Å². The number of aromatic amines is 1. The molecule has 3 aromatic rings. The lowest BCUT2D eigenvalue weighted by Crippen LogP contribution is -2.15. The summed E-state index contributed by atoms with van der Waals surface area (Å²) in [6, 6.07) is 3.63. The van der Waals surface area contributed by atoms with Crippen LogP contribution in [-0.4, -0.2) is 26.1 Å². The Labute approximate surface area is 118 Å². The van der Waals surface area contributed by atoms with Crippen molar-refractivity contribution in [3.8, 4) is 10.8 Å². The molecule has 3 heterocycles. The lowest BCUT2D eigenvalue weighted by molar-refractivity contribution is -0.115. The van der Waals surface area contributed by atoms with Crippen molar-refractivity contribution in [2.45, 2.75) is 13.3 Å². The second-order valence-corrected chi connectivity index (χ2v) is 4.95. The highest BCUT2D eigenvalue weighted by molar-refractivity contribution is 7.13. The summed E-state index contributed by atoms with van der Waals surface area (Å²) < 4.78 is 5.26. The molecule has 0 unspecified atom stereocenters. The van der Waals surface area contributed by atoms with Gasteiger partial charge in [0.15, 0.2) is 10.8 Å². The lowest BCUT2D eigenvalue weighted by Gasteiger charge is -1.97. The van der Waals surface area contributed by atoms with Crippen molar-refractivity contribution in [3.63, 3.8) is 0 Å². The van der Waals surface area contributed by atoms with Gasteiger partial charge in [0.25, 0.3) is 0 Å². The topological polar surface area (TPSA) is 96.7 Å². The summed E-state index contributed by atoms with van der Waals surface area (Å²) in [5, 5.41) is 11.7. The average molecular weight is 289 g/mol. The predicted molar refractivity (Wildman–Crippen MR) is 73.3 cm³/mol. The zero-order valence-electron chi connectivity index (χ0n) is 10.6. The molecule has 0 aliphatic heterocycles. The van der Waals surface area contributed by atoms with E-state index in [9.17, 15) is 4.79 Å². The minimum Gasteiger partial charge on any atom is -0.462 e. The van der Waals surface area contributed by atoms with Gasteiger partial charge in [-0.15, -0.1) is 16.4 Å². The smallest absolute Gasteiger partial charge is 0.248 e. The van der Waals surface area contributed by atoms with Gasteiger partial charge >= 0.3 is 0 Å². The van der Waals surface area contributed by atoms with Crippen molar-refractivity contribution in [1.82, 2.24) is 20.2 Å². The highest BCUT2D eigenvalue weighted by atomic mass is 32.1. The van der Waals surface area contributed by atoms with Crippen LogP contribution in [0.3, 0.4) is 0 Å². The maximum absolute atomic E-state index is 11.8. The second-order valence-electron chi connectivity index (χ2n) is 4.09. The number of nitrogens with zero attached hydrogens (tertiary/aromatic N) is 3. The highest BCUT2D eigenvalue weighted by Crippen LogP contribution is 2.24. The molecular weight excluding hydrogens is 278 g/mol. The van der Waals surface area contributed by atoms with E-state index in [1.807, 2.05) is 11.4 Å². The first-order valence-corrected chi connectivity index (χ1v) is 6.76. The number of furan rings is 1. The molecular formula is C12H11N5O2S. The van der Waals surface area contributed by atoms with Crippen LogP contribution in [0.25, 0.3) is 10.8 Å². The number of aryl methyl sites for hydroxylation is 1. The van der Waals surface area contributed by atoms with Gasteiger partial charge in [-0.05, 0) is 19.1 Å². The molecule has 0 aliphatic carbocycles. The van der Waals surface area contributed by atoms with E-state index in [0.717, 1.165) is 5.01 Å². The van der Waals surface area contributed by atoms with Gasteiger partial charge in [0.2, 0.25) is 11.9 Å². The fourth-order valence-electron chi connectivity index (χ4n) is 1.63. The van der Waals surface area contributed by atoms with Crippen molar-refractivity contribution in [3.05, 3.63) is 35.3 Å². The third-order valence-corrected chi connectivity index (χ3v) is 3.38. The number of aromatic nitrogens is 4. The molecule has 2 N–H and O–H groups in total. The number of amides is 1. The van der Waals surface area contributed by atoms with Gasteiger partial charge in [-0.1, -0.05) is 0 Å². The van der Waals surface area contributed by atoms with Gasteiger partial charge < -0.3 is 4.42 Å². The first-order valence-electron chi connectivity index (χ1n) is 5.88. The number of thiazole rings is 1. The standard InChI is InChI=1S/C12H11N5O2S/c1-7-13-12(17-16-7)15-10(18)5-8-6-20-11(14-8)9-3-2-4-19-9/h2-4,6H,5H2,1H3,(H2,13,15,16,17,18). The molecule has 0 radical (unpaired) electrons. The summed E-state index contributed by atoms with van der Waals surface area (Å²) >= 11 is 1.44. The molecule has 0 atom stereocenters. The van der Waals surface area contributed by atoms with Gasteiger partial charge in [0.05, 0.1) is 18.4 Å².